The minimum atomic E-state index is -3.93. The van der Waals surface area contributed by atoms with Gasteiger partial charge in [-0.2, -0.15) is 9.41 Å². The van der Waals surface area contributed by atoms with Crippen molar-refractivity contribution in [3.05, 3.63) is 76.3 Å². The lowest BCUT2D eigenvalue weighted by Crippen LogP contribution is -2.31. The first-order valence-corrected chi connectivity index (χ1v) is 10.9. The lowest BCUT2D eigenvalue weighted by molar-refractivity contribution is -0.385. The fraction of sp³-hybridized carbons (Fsp3) is 0.190. The molecule has 0 atom stereocenters. The zero-order chi connectivity index (χ0) is 21.7. The zero-order valence-corrected chi connectivity index (χ0v) is 17.5. The Morgan fingerprint density at radius 3 is 2.47 bits per heavy atom. The molecule has 0 aromatic heterocycles. The summed E-state index contributed by atoms with van der Waals surface area (Å²) < 4.78 is 27.3. The molecule has 0 aliphatic carbocycles. The van der Waals surface area contributed by atoms with Gasteiger partial charge < -0.3 is 0 Å². The Morgan fingerprint density at radius 1 is 1.07 bits per heavy atom. The summed E-state index contributed by atoms with van der Waals surface area (Å²) in [6.45, 7) is 3.93. The molecule has 0 amide bonds. The van der Waals surface area contributed by atoms with Crippen molar-refractivity contribution >= 4 is 38.4 Å². The van der Waals surface area contributed by atoms with Gasteiger partial charge in [-0.05, 0) is 16.8 Å². The van der Waals surface area contributed by atoms with Gasteiger partial charge in [-0.15, -0.1) is 0 Å². The number of nitrogens with zero attached hydrogens (tertiary/aromatic N) is 3. The van der Waals surface area contributed by atoms with Crippen molar-refractivity contribution in [3.63, 3.8) is 0 Å². The first kappa shape index (κ1) is 21.4. The average molecular weight is 426 g/mol. The Bertz CT molecular complexity index is 1200. The fourth-order valence-electron chi connectivity index (χ4n) is 3.17. The minimum absolute atomic E-state index is 0.170. The van der Waals surface area contributed by atoms with Gasteiger partial charge in [0.15, 0.2) is 0 Å². The molecule has 1 N–H and O–H groups in total. The number of hydrogen-bond donors (Lipinski definition) is 1. The van der Waals surface area contributed by atoms with Crippen LogP contribution in [0.3, 0.4) is 0 Å². The van der Waals surface area contributed by atoms with Crippen LogP contribution in [0.25, 0.3) is 10.8 Å². The zero-order valence-electron chi connectivity index (χ0n) is 16.6. The Kier molecular flexibility index (Phi) is 6.43. The van der Waals surface area contributed by atoms with E-state index in [1.807, 2.05) is 42.5 Å². The molecule has 3 aromatic rings. The molecule has 0 bridgehead atoms. The van der Waals surface area contributed by atoms with Gasteiger partial charge in [-0.25, -0.2) is 8.42 Å². The van der Waals surface area contributed by atoms with Gasteiger partial charge in [-0.1, -0.05) is 56.3 Å². The molecule has 156 valence electrons. The van der Waals surface area contributed by atoms with Crippen LogP contribution in [0.1, 0.15) is 19.4 Å². The van der Waals surface area contributed by atoms with E-state index in [0.29, 0.717) is 0 Å². The van der Waals surface area contributed by atoms with Gasteiger partial charge in [0.25, 0.3) is 5.69 Å². The summed E-state index contributed by atoms with van der Waals surface area (Å²) in [4.78, 5) is 10.4. The molecular weight excluding hydrogens is 404 g/mol. The van der Waals surface area contributed by atoms with Crippen molar-refractivity contribution in [2.24, 2.45) is 5.10 Å². The van der Waals surface area contributed by atoms with Crippen LogP contribution >= 0.6 is 0 Å². The van der Waals surface area contributed by atoms with E-state index in [4.69, 9.17) is 0 Å². The summed E-state index contributed by atoms with van der Waals surface area (Å²) in [6.07, 6.45) is 1.59. The molecule has 0 heterocycles. The molecule has 0 radical (unpaired) electrons. The van der Waals surface area contributed by atoms with E-state index >= 15 is 0 Å². The second-order valence-corrected chi connectivity index (χ2v) is 8.37. The fourth-order valence-corrected chi connectivity index (χ4v) is 4.79. The van der Waals surface area contributed by atoms with Crippen molar-refractivity contribution in [1.82, 2.24) is 4.31 Å². The van der Waals surface area contributed by atoms with Gasteiger partial charge in [0.05, 0.1) is 16.8 Å². The predicted molar refractivity (Wildman–Crippen MR) is 118 cm³/mol. The van der Waals surface area contributed by atoms with E-state index in [2.05, 4.69) is 10.5 Å². The Hall–Kier alpha value is -3.30. The van der Waals surface area contributed by atoms with E-state index < -0.39 is 14.9 Å². The molecule has 0 aliphatic heterocycles. The molecule has 0 unspecified atom stereocenters. The van der Waals surface area contributed by atoms with E-state index in [0.717, 1.165) is 22.4 Å². The lowest BCUT2D eigenvalue weighted by atomic mass is 10.1. The third-order valence-electron chi connectivity index (χ3n) is 4.71. The summed E-state index contributed by atoms with van der Waals surface area (Å²) in [6, 6.07) is 17.3. The average Bonchev–Trinajstić information content (AvgIpc) is 2.74. The van der Waals surface area contributed by atoms with Crippen molar-refractivity contribution in [2.45, 2.75) is 18.7 Å². The summed E-state index contributed by atoms with van der Waals surface area (Å²) in [5.74, 6) is 0. The highest BCUT2D eigenvalue weighted by molar-refractivity contribution is 7.89. The number of hydrogen-bond acceptors (Lipinski definition) is 6. The maximum atomic E-state index is 13.0. The largest absolute Gasteiger partial charge is 0.277 e. The Labute approximate surface area is 175 Å². The SMILES string of the molecule is CCN(CC)S(=O)(=O)c1cc([N+](=O)[O-])ccc1NN=Cc1cccc2ccccc12. The van der Waals surface area contributed by atoms with E-state index in [1.165, 1.54) is 16.4 Å². The van der Waals surface area contributed by atoms with Crippen LogP contribution < -0.4 is 5.43 Å². The van der Waals surface area contributed by atoms with E-state index in [9.17, 15) is 18.5 Å². The first-order chi connectivity index (χ1) is 14.4. The van der Waals surface area contributed by atoms with Crippen LogP contribution in [-0.4, -0.2) is 37.0 Å². The smallest absolute Gasteiger partial charge is 0.270 e. The number of sulfonamides is 1. The van der Waals surface area contributed by atoms with Gasteiger partial charge in [0.2, 0.25) is 10.0 Å². The van der Waals surface area contributed by atoms with Crippen molar-refractivity contribution in [3.8, 4) is 0 Å². The van der Waals surface area contributed by atoms with Crippen LogP contribution in [0.15, 0.2) is 70.7 Å². The van der Waals surface area contributed by atoms with Crippen LogP contribution in [0.5, 0.6) is 0 Å². The summed E-state index contributed by atoms with van der Waals surface area (Å²) in [5.41, 5.74) is 3.47. The summed E-state index contributed by atoms with van der Waals surface area (Å²) in [7, 11) is -3.93. The van der Waals surface area contributed by atoms with Crippen LogP contribution in [0, 0.1) is 10.1 Å². The number of non-ortho nitro benzene ring substituents is 1. The number of nitrogens with one attached hydrogen (secondary N) is 1. The molecular formula is C21H22N4O4S. The van der Waals surface area contributed by atoms with E-state index in [-0.39, 0.29) is 29.4 Å². The number of nitro groups is 1. The van der Waals surface area contributed by atoms with Gasteiger partial charge in [0, 0.05) is 30.8 Å². The monoisotopic (exact) mass is 426 g/mol. The van der Waals surface area contributed by atoms with Gasteiger partial charge in [0.1, 0.15) is 4.90 Å². The number of benzene rings is 3. The van der Waals surface area contributed by atoms with Crippen LogP contribution in [-0.2, 0) is 10.0 Å². The molecule has 0 spiro atoms. The molecule has 0 fully saturated rings. The molecule has 0 aliphatic rings. The number of rotatable bonds is 8. The minimum Gasteiger partial charge on any atom is -0.277 e. The topological polar surface area (TPSA) is 105 Å². The number of anilines is 1. The van der Waals surface area contributed by atoms with Crippen molar-refractivity contribution in [1.29, 1.82) is 0 Å². The second-order valence-electron chi connectivity index (χ2n) is 6.47. The molecule has 8 nitrogen and oxygen atoms in total. The number of hydrazone groups is 1. The maximum Gasteiger partial charge on any atom is 0.270 e. The molecule has 0 saturated heterocycles. The summed E-state index contributed by atoms with van der Waals surface area (Å²) in [5, 5.41) is 17.4. The lowest BCUT2D eigenvalue weighted by Gasteiger charge is -2.20. The summed E-state index contributed by atoms with van der Waals surface area (Å²) >= 11 is 0. The predicted octanol–water partition coefficient (Wildman–Crippen LogP) is 4.22. The number of fused-ring (bicyclic) bond motifs is 1. The Balaban J connectivity index is 1.99. The maximum absolute atomic E-state index is 13.0. The molecule has 3 aromatic carbocycles. The first-order valence-electron chi connectivity index (χ1n) is 9.44. The number of nitro benzene ring substituents is 1. The van der Waals surface area contributed by atoms with Crippen LogP contribution in [0.2, 0.25) is 0 Å². The molecule has 0 saturated carbocycles. The quantitative estimate of drug-likeness (QED) is 0.330. The normalized spacial score (nSPS) is 12.0. The molecule has 3 rings (SSSR count). The third kappa shape index (κ3) is 4.32. The van der Waals surface area contributed by atoms with E-state index in [1.54, 1.807) is 20.1 Å². The van der Waals surface area contributed by atoms with Gasteiger partial charge >= 0.3 is 0 Å². The highest BCUT2D eigenvalue weighted by atomic mass is 32.2. The highest BCUT2D eigenvalue weighted by Crippen LogP contribution is 2.29. The molecule has 9 heteroatoms. The van der Waals surface area contributed by atoms with Gasteiger partial charge in [-0.3, -0.25) is 15.5 Å². The highest BCUT2D eigenvalue weighted by Gasteiger charge is 2.27. The third-order valence-corrected chi connectivity index (χ3v) is 6.80. The van der Waals surface area contributed by atoms with Crippen molar-refractivity contribution < 1.29 is 13.3 Å². The van der Waals surface area contributed by atoms with Crippen molar-refractivity contribution in [2.75, 3.05) is 18.5 Å². The standard InChI is InChI=1S/C21H22N4O4S/c1-3-24(4-2)30(28,29)21-14-18(25(26)27)12-13-20(21)23-22-15-17-10-7-9-16-8-5-6-11-19(16)17/h5-15,23H,3-4H2,1-2H3. The molecule has 30 heavy (non-hydrogen) atoms. The second kappa shape index (κ2) is 9.02. The Morgan fingerprint density at radius 2 is 1.77 bits per heavy atom. The van der Waals surface area contributed by atoms with Crippen LogP contribution in [0.4, 0.5) is 11.4 Å².